The monoisotopic (exact) mass is 278 g/mol. The summed E-state index contributed by atoms with van der Waals surface area (Å²) in [7, 11) is 0. The smallest absolute Gasteiger partial charge is 0.0351 e. The van der Waals surface area contributed by atoms with Gasteiger partial charge in [0.25, 0.3) is 0 Å². The third kappa shape index (κ3) is 17.5. The second-order valence-electron chi connectivity index (χ2n) is 6.02. The van der Waals surface area contributed by atoms with Crippen LogP contribution < -0.4 is 0 Å². The Balaban J connectivity index is 3.00. The molecular formula is C20H38. The molecule has 0 N–H and O–H groups in total. The normalized spacial score (nSPS) is 11.2. The summed E-state index contributed by atoms with van der Waals surface area (Å²) in [5.41, 5.74) is 0. The molecule has 0 saturated heterocycles. The van der Waals surface area contributed by atoms with Crippen LogP contribution in [0.4, 0.5) is 0 Å². The summed E-state index contributed by atoms with van der Waals surface area (Å²) >= 11 is 0. The highest BCUT2D eigenvalue weighted by Crippen LogP contribution is 2.11. The molecule has 0 aromatic rings. The van der Waals surface area contributed by atoms with E-state index in [4.69, 9.17) is 0 Å². The van der Waals surface area contributed by atoms with E-state index in [0.29, 0.717) is 0 Å². The van der Waals surface area contributed by atoms with Crippen molar-refractivity contribution in [3.05, 3.63) is 24.8 Å². The minimum Gasteiger partial charge on any atom is -0.103 e. The average molecular weight is 279 g/mol. The second-order valence-corrected chi connectivity index (χ2v) is 6.02. The molecule has 0 atom stereocenters. The van der Waals surface area contributed by atoms with Gasteiger partial charge in [0.15, 0.2) is 0 Å². The molecule has 0 bridgehead atoms. The second kappa shape index (κ2) is 18.5. The van der Waals surface area contributed by atoms with Crippen LogP contribution in [-0.4, -0.2) is 0 Å². The fraction of sp³-hybridized carbons (Fsp3) is 0.800. The molecule has 20 heavy (non-hydrogen) atoms. The molecule has 0 aromatic heterocycles. The van der Waals surface area contributed by atoms with Crippen LogP contribution in [0.2, 0.25) is 0 Å². The van der Waals surface area contributed by atoms with Gasteiger partial charge in [0.1, 0.15) is 0 Å². The lowest BCUT2D eigenvalue weighted by Gasteiger charge is -2.01. The van der Waals surface area contributed by atoms with Gasteiger partial charge in [-0.05, 0) is 38.5 Å². The molecule has 0 aliphatic heterocycles. The van der Waals surface area contributed by atoms with Crippen molar-refractivity contribution in [2.24, 2.45) is 0 Å². The first kappa shape index (κ1) is 19.5. The standard InChI is InChI=1S/C20H38/c1-3-5-7-9-11-13-15-17-19-20-18-16-14-12-10-8-6-4-2/h3,12,14H,1,4-11,13,15-20H2,2H3/b14-12-. The lowest BCUT2D eigenvalue weighted by molar-refractivity contribution is 0.561. The van der Waals surface area contributed by atoms with E-state index < -0.39 is 0 Å². The van der Waals surface area contributed by atoms with Gasteiger partial charge >= 0.3 is 0 Å². The van der Waals surface area contributed by atoms with E-state index in [0.717, 1.165) is 0 Å². The van der Waals surface area contributed by atoms with E-state index in [9.17, 15) is 0 Å². The van der Waals surface area contributed by atoms with Gasteiger partial charge < -0.3 is 0 Å². The topological polar surface area (TPSA) is 0 Å². The molecule has 0 spiro atoms. The number of allylic oxidation sites excluding steroid dienone is 3. The van der Waals surface area contributed by atoms with E-state index in [-0.39, 0.29) is 0 Å². The van der Waals surface area contributed by atoms with Crippen molar-refractivity contribution < 1.29 is 0 Å². The van der Waals surface area contributed by atoms with Crippen LogP contribution in [0.1, 0.15) is 103 Å². The minimum absolute atomic E-state index is 1.20. The zero-order chi connectivity index (χ0) is 14.7. The Kier molecular flexibility index (Phi) is 18.0. The van der Waals surface area contributed by atoms with E-state index >= 15 is 0 Å². The molecule has 0 aliphatic rings. The van der Waals surface area contributed by atoms with Crippen molar-refractivity contribution >= 4 is 0 Å². The van der Waals surface area contributed by atoms with Crippen molar-refractivity contribution in [3.63, 3.8) is 0 Å². The first-order chi connectivity index (χ1) is 9.91. The van der Waals surface area contributed by atoms with Crippen LogP contribution in [0, 0.1) is 0 Å². The minimum atomic E-state index is 1.20. The Bertz CT molecular complexity index is 202. The third-order valence-corrected chi connectivity index (χ3v) is 3.92. The number of unbranched alkanes of at least 4 members (excludes halogenated alkanes) is 13. The van der Waals surface area contributed by atoms with Crippen LogP contribution in [0.5, 0.6) is 0 Å². The fourth-order valence-electron chi connectivity index (χ4n) is 2.54. The van der Waals surface area contributed by atoms with Crippen LogP contribution in [0.15, 0.2) is 24.8 Å². The molecule has 0 saturated carbocycles. The van der Waals surface area contributed by atoms with Crippen molar-refractivity contribution in [2.45, 2.75) is 103 Å². The fourth-order valence-corrected chi connectivity index (χ4v) is 2.54. The predicted octanol–water partition coefficient (Wildman–Crippen LogP) is 7.60. The summed E-state index contributed by atoms with van der Waals surface area (Å²) in [6.07, 6.45) is 27.5. The summed E-state index contributed by atoms with van der Waals surface area (Å²) in [5, 5.41) is 0. The predicted molar refractivity (Wildman–Crippen MR) is 94.3 cm³/mol. The Morgan fingerprint density at radius 1 is 0.550 bits per heavy atom. The molecule has 0 radical (unpaired) electrons. The number of rotatable bonds is 16. The van der Waals surface area contributed by atoms with Crippen molar-refractivity contribution in [1.29, 1.82) is 0 Å². The largest absolute Gasteiger partial charge is 0.103 e. The summed E-state index contributed by atoms with van der Waals surface area (Å²) in [4.78, 5) is 0. The summed E-state index contributed by atoms with van der Waals surface area (Å²) < 4.78 is 0. The Labute approximate surface area is 128 Å². The molecule has 118 valence electrons. The van der Waals surface area contributed by atoms with E-state index in [2.05, 4.69) is 25.7 Å². The molecule has 0 fully saturated rings. The van der Waals surface area contributed by atoms with Crippen LogP contribution in [0.25, 0.3) is 0 Å². The van der Waals surface area contributed by atoms with Crippen LogP contribution >= 0.6 is 0 Å². The van der Waals surface area contributed by atoms with Crippen LogP contribution in [-0.2, 0) is 0 Å². The average Bonchev–Trinajstić information content (AvgIpc) is 2.47. The molecule has 0 unspecified atom stereocenters. The maximum Gasteiger partial charge on any atom is -0.0351 e. The van der Waals surface area contributed by atoms with Gasteiger partial charge in [0.05, 0.1) is 0 Å². The van der Waals surface area contributed by atoms with Crippen molar-refractivity contribution in [3.8, 4) is 0 Å². The molecule has 0 aliphatic carbocycles. The van der Waals surface area contributed by atoms with Gasteiger partial charge in [-0.25, -0.2) is 0 Å². The lowest BCUT2D eigenvalue weighted by Crippen LogP contribution is -1.81. The van der Waals surface area contributed by atoms with E-state index in [1.807, 2.05) is 6.08 Å². The van der Waals surface area contributed by atoms with E-state index in [1.165, 1.54) is 96.3 Å². The highest BCUT2D eigenvalue weighted by atomic mass is 14.0. The van der Waals surface area contributed by atoms with Gasteiger partial charge in [-0.2, -0.15) is 0 Å². The first-order valence-corrected chi connectivity index (χ1v) is 9.17. The molecule has 0 aromatic carbocycles. The Morgan fingerprint density at radius 2 is 0.950 bits per heavy atom. The van der Waals surface area contributed by atoms with Gasteiger partial charge in [0, 0.05) is 0 Å². The molecule has 0 heterocycles. The van der Waals surface area contributed by atoms with Gasteiger partial charge in [-0.1, -0.05) is 82.9 Å². The molecular weight excluding hydrogens is 240 g/mol. The zero-order valence-corrected chi connectivity index (χ0v) is 14.0. The van der Waals surface area contributed by atoms with Gasteiger partial charge in [-0.3, -0.25) is 0 Å². The van der Waals surface area contributed by atoms with Gasteiger partial charge in [-0.15, -0.1) is 6.58 Å². The SMILES string of the molecule is C=CCCCCCCCCCCC/C=C\CCCCC. The highest BCUT2D eigenvalue weighted by Gasteiger charge is 1.92. The van der Waals surface area contributed by atoms with Crippen molar-refractivity contribution in [2.75, 3.05) is 0 Å². The van der Waals surface area contributed by atoms with Gasteiger partial charge in [0.2, 0.25) is 0 Å². The highest BCUT2D eigenvalue weighted by molar-refractivity contribution is 4.81. The molecule has 0 rings (SSSR count). The molecule has 0 heteroatoms. The quantitative estimate of drug-likeness (QED) is 0.201. The number of hydrogen-bond donors (Lipinski definition) is 0. The lowest BCUT2D eigenvalue weighted by atomic mass is 10.1. The number of hydrogen-bond acceptors (Lipinski definition) is 0. The van der Waals surface area contributed by atoms with Crippen LogP contribution in [0.3, 0.4) is 0 Å². The Hall–Kier alpha value is -0.520. The summed E-state index contributed by atoms with van der Waals surface area (Å²) in [6, 6.07) is 0. The summed E-state index contributed by atoms with van der Waals surface area (Å²) in [6.45, 7) is 6.03. The van der Waals surface area contributed by atoms with E-state index in [1.54, 1.807) is 0 Å². The third-order valence-electron chi connectivity index (χ3n) is 3.92. The maximum atomic E-state index is 3.76. The zero-order valence-electron chi connectivity index (χ0n) is 14.0. The first-order valence-electron chi connectivity index (χ1n) is 9.17. The van der Waals surface area contributed by atoms with Crippen molar-refractivity contribution in [1.82, 2.24) is 0 Å². The maximum absolute atomic E-state index is 3.76. The summed E-state index contributed by atoms with van der Waals surface area (Å²) in [5.74, 6) is 0. The molecule has 0 amide bonds. The molecule has 0 nitrogen and oxygen atoms in total. The Morgan fingerprint density at radius 3 is 1.40 bits per heavy atom.